The summed E-state index contributed by atoms with van der Waals surface area (Å²) in [6.07, 6.45) is 18.5. The molecule has 0 aliphatic heterocycles. The fraction of sp³-hybridized carbons (Fsp3) is 0.630. The van der Waals surface area contributed by atoms with Crippen LogP contribution in [-0.2, 0) is 4.79 Å². The Morgan fingerprint density at radius 2 is 1.35 bits per heavy atom. The summed E-state index contributed by atoms with van der Waals surface area (Å²) in [5.74, 6) is 3.39. The number of rotatable bonds is 2. The molecule has 51 heavy (non-hydrogen) atoms. The number of aryl methyl sites for hydroxylation is 1. The largest absolute Gasteiger partial charge is 0.488 e. The molecule has 0 heterocycles. The second-order valence-electron chi connectivity index (χ2n) is 17.5. The normalized spacial score (nSPS) is 35.1. The fourth-order valence-electron chi connectivity index (χ4n) is 12.4. The van der Waals surface area contributed by atoms with E-state index in [1.807, 2.05) is 51.1 Å². The number of carboxylic acid groups (broad SMARTS) is 1. The van der Waals surface area contributed by atoms with Gasteiger partial charge in [-0.15, -0.1) is 6.58 Å². The Morgan fingerprint density at radius 1 is 0.765 bits per heavy atom. The number of fused-ring (bicyclic) bond motifs is 7. The van der Waals surface area contributed by atoms with Crippen LogP contribution >= 0.6 is 0 Å². The molecule has 5 heteroatoms. The number of hydrogen-bond acceptors (Lipinski definition) is 3. The van der Waals surface area contributed by atoms with Gasteiger partial charge in [0.15, 0.2) is 0 Å². The summed E-state index contributed by atoms with van der Waals surface area (Å²) >= 11 is 0. The van der Waals surface area contributed by atoms with Crippen molar-refractivity contribution in [1.29, 1.82) is 0 Å². The molecule has 8 atom stereocenters. The van der Waals surface area contributed by atoms with Crippen molar-refractivity contribution in [2.75, 3.05) is 0 Å². The van der Waals surface area contributed by atoms with Crippen molar-refractivity contribution in [3.8, 4) is 0 Å². The molecule has 282 valence electrons. The Bertz CT molecular complexity index is 1430. The molecule has 3 N–H and O–H groups in total. The van der Waals surface area contributed by atoms with Crippen molar-refractivity contribution in [2.24, 2.45) is 50.7 Å². The maximum Gasteiger partial charge on any atom is 0.488 e. The third-order valence-corrected chi connectivity index (χ3v) is 14.8. The lowest BCUT2D eigenvalue weighted by atomic mass is 9.33. The predicted molar refractivity (Wildman–Crippen MR) is 218 cm³/mol. The van der Waals surface area contributed by atoms with Gasteiger partial charge in [0, 0.05) is 0 Å². The van der Waals surface area contributed by atoms with Gasteiger partial charge >= 0.3 is 7.12 Å². The van der Waals surface area contributed by atoms with Crippen LogP contribution in [0.4, 0.5) is 0 Å². The van der Waals surface area contributed by atoms with Crippen LogP contribution in [0.5, 0.6) is 0 Å². The molecule has 5 aliphatic rings. The molecule has 0 aromatic heterocycles. The van der Waals surface area contributed by atoms with Gasteiger partial charge in [-0.3, -0.25) is 4.79 Å². The molecule has 2 aromatic rings. The van der Waals surface area contributed by atoms with E-state index in [1.165, 1.54) is 80.9 Å². The molecule has 0 amide bonds. The molecule has 4 nitrogen and oxygen atoms in total. The first-order chi connectivity index (χ1) is 24.1. The Kier molecular flexibility index (Phi) is 14.7. The van der Waals surface area contributed by atoms with Crippen LogP contribution in [0.3, 0.4) is 0 Å². The average molecular weight is 699 g/mol. The minimum Gasteiger partial charge on any atom is -0.483 e. The lowest BCUT2D eigenvalue weighted by molar-refractivity contribution is -0.221. The van der Waals surface area contributed by atoms with Crippen molar-refractivity contribution in [3.05, 3.63) is 84.5 Å². The van der Waals surface area contributed by atoms with Crippen molar-refractivity contribution in [2.45, 2.75) is 133 Å². The van der Waals surface area contributed by atoms with Gasteiger partial charge in [0.05, 0.1) is 0 Å². The average Bonchev–Trinajstić information content (AvgIpc) is 3.49. The molecule has 5 aliphatic carbocycles. The smallest absolute Gasteiger partial charge is 0.483 e. The third-order valence-electron chi connectivity index (χ3n) is 14.8. The monoisotopic (exact) mass is 699 g/mol. The lowest BCUT2D eigenvalue weighted by Crippen LogP contribution is -2.64. The highest BCUT2D eigenvalue weighted by molar-refractivity contribution is 6.58. The van der Waals surface area contributed by atoms with E-state index >= 15 is 0 Å². The first-order valence-corrected chi connectivity index (χ1v) is 19.9. The summed E-state index contributed by atoms with van der Waals surface area (Å²) in [5, 5.41) is 26.0. The van der Waals surface area contributed by atoms with Crippen LogP contribution in [0.15, 0.2) is 73.3 Å². The van der Waals surface area contributed by atoms with Gasteiger partial charge in [0.2, 0.25) is 0 Å². The van der Waals surface area contributed by atoms with Gasteiger partial charge in [-0.05, 0) is 139 Å². The summed E-state index contributed by atoms with van der Waals surface area (Å²) in [6, 6.07) is 18.2. The number of carbonyl (C=O) groups is 1. The van der Waals surface area contributed by atoms with E-state index in [9.17, 15) is 10.0 Å². The maximum absolute atomic E-state index is 9.56. The molecule has 4 fully saturated rings. The number of allylic oxidation sites excluding steroid dienone is 3. The summed E-state index contributed by atoms with van der Waals surface area (Å²) < 4.78 is 0. The van der Waals surface area contributed by atoms with Crippen LogP contribution in [-0.4, -0.2) is 28.7 Å². The zero-order valence-corrected chi connectivity index (χ0v) is 33.8. The Labute approximate surface area is 312 Å². The van der Waals surface area contributed by atoms with Gasteiger partial charge in [0.25, 0.3) is 6.47 Å². The summed E-state index contributed by atoms with van der Waals surface area (Å²) in [5.41, 5.74) is 6.65. The third kappa shape index (κ3) is 8.15. The Hall–Kier alpha value is -2.63. The standard InChI is InChI=1S/C33H49BO2.C7H8.C3H6.C2H6.CH2O2/c1-29(2)24(22-9-11-23(12-10-22)34(35)36)15-18-31(4)27(29)16-19-33(6)28(31)14-13-26-25-8-7-17-30(25,3)20-21-32(26,33)5;1-7-5-3-2-4-6-7;1-3-2;1-2;2-1-3/h9-12,15,25-28,35-36H,7-8,13-14,16-21H2,1-6H3;2-6H,1H3;3H,1H2,2H3;1-2H3;1H,(H,2,3)/t25-,26?,27?,28?,30?,31?,32-,33?;;;;/m1..../s1. The zero-order chi connectivity index (χ0) is 38.3. The molecular formula is C46H71BO4. The highest BCUT2D eigenvalue weighted by Crippen LogP contribution is 2.77. The first-order valence-electron chi connectivity index (χ1n) is 19.9. The second-order valence-corrected chi connectivity index (χ2v) is 17.5. The van der Waals surface area contributed by atoms with Crippen LogP contribution in [0.1, 0.15) is 138 Å². The van der Waals surface area contributed by atoms with Crippen LogP contribution < -0.4 is 5.46 Å². The van der Waals surface area contributed by atoms with Crippen molar-refractivity contribution in [1.82, 2.24) is 0 Å². The molecule has 7 rings (SSSR count). The topological polar surface area (TPSA) is 77.8 Å². The van der Waals surface area contributed by atoms with Gasteiger partial charge < -0.3 is 15.2 Å². The highest BCUT2D eigenvalue weighted by Gasteiger charge is 2.68. The predicted octanol–water partition coefficient (Wildman–Crippen LogP) is 11.1. The number of benzene rings is 2. The molecule has 0 spiro atoms. The molecule has 4 saturated carbocycles. The van der Waals surface area contributed by atoms with Gasteiger partial charge in [-0.1, -0.05) is 134 Å². The van der Waals surface area contributed by atoms with E-state index in [2.05, 4.69) is 85.4 Å². The Morgan fingerprint density at radius 3 is 1.88 bits per heavy atom. The van der Waals surface area contributed by atoms with E-state index < -0.39 is 7.12 Å². The van der Waals surface area contributed by atoms with Crippen molar-refractivity contribution < 1.29 is 19.9 Å². The Balaban J connectivity index is 0.000000397. The van der Waals surface area contributed by atoms with Gasteiger partial charge in [-0.25, -0.2) is 0 Å². The van der Waals surface area contributed by atoms with Crippen LogP contribution in [0.2, 0.25) is 0 Å². The minimum absolute atomic E-state index is 0.113. The first kappa shape index (κ1) is 42.8. The zero-order valence-electron chi connectivity index (χ0n) is 33.8. The van der Waals surface area contributed by atoms with E-state index in [0.717, 1.165) is 17.8 Å². The van der Waals surface area contributed by atoms with Crippen molar-refractivity contribution in [3.63, 3.8) is 0 Å². The fourth-order valence-corrected chi connectivity index (χ4v) is 12.4. The maximum atomic E-state index is 9.56. The lowest BCUT2D eigenvalue weighted by Gasteiger charge is -2.72. The molecule has 0 bridgehead atoms. The van der Waals surface area contributed by atoms with E-state index in [4.69, 9.17) is 9.90 Å². The van der Waals surface area contributed by atoms with Crippen LogP contribution in [0, 0.1) is 57.7 Å². The second kappa shape index (κ2) is 17.5. The summed E-state index contributed by atoms with van der Waals surface area (Å²) in [7, 11) is -1.40. The SMILES string of the molecule is C=CC.CC.CC1(C)C(c2ccc(B(O)O)cc2)=CCC2(C)C1CCC1(C)C2CCC2[C@H]3CCCC3(C)CC[C@]21C.Cc1ccccc1.O=CO. The van der Waals surface area contributed by atoms with E-state index in [-0.39, 0.29) is 11.9 Å². The molecule has 0 saturated heterocycles. The molecule has 0 radical (unpaired) electrons. The van der Waals surface area contributed by atoms with E-state index in [0.29, 0.717) is 33.0 Å². The summed E-state index contributed by atoms with van der Waals surface area (Å²) in [4.78, 5) is 8.36. The van der Waals surface area contributed by atoms with Crippen molar-refractivity contribution >= 4 is 24.6 Å². The molecular weight excluding hydrogens is 627 g/mol. The van der Waals surface area contributed by atoms with Gasteiger partial charge in [0.1, 0.15) is 0 Å². The molecule has 2 aromatic carbocycles. The van der Waals surface area contributed by atoms with Gasteiger partial charge in [-0.2, -0.15) is 0 Å². The summed E-state index contributed by atoms with van der Waals surface area (Å²) in [6.45, 7) is 26.9. The highest BCUT2D eigenvalue weighted by atomic mass is 16.4. The minimum atomic E-state index is -1.40. The number of hydrogen-bond donors (Lipinski definition) is 3. The molecule has 6 unspecified atom stereocenters. The van der Waals surface area contributed by atoms with E-state index in [1.54, 1.807) is 6.08 Å². The van der Waals surface area contributed by atoms with Crippen LogP contribution in [0.25, 0.3) is 5.57 Å². The quantitative estimate of drug-likeness (QED) is 0.166.